The van der Waals surface area contributed by atoms with Crippen molar-refractivity contribution in [2.75, 3.05) is 20.0 Å². The van der Waals surface area contributed by atoms with Crippen LogP contribution in [-0.4, -0.2) is 39.3 Å². The number of rotatable bonds is 6. The van der Waals surface area contributed by atoms with Crippen molar-refractivity contribution in [3.63, 3.8) is 0 Å². The highest BCUT2D eigenvalue weighted by Crippen LogP contribution is 2.27. The Hall–Kier alpha value is -2.80. The van der Waals surface area contributed by atoms with Gasteiger partial charge in [-0.1, -0.05) is 0 Å². The van der Waals surface area contributed by atoms with Gasteiger partial charge in [0.2, 0.25) is 0 Å². The zero-order chi connectivity index (χ0) is 19.6. The van der Waals surface area contributed by atoms with Crippen molar-refractivity contribution in [3.05, 3.63) is 59.3 Å². The monoisotopic (exact) mass is 387 g/mol. The number of fused-ring (bicyclic) bond motifs is 1. The number of aromatic nitrogens is 1. The fourth-order valence-electron chi connectivity index (χ4n) is 3.08. The van der Waals surface area contributed by atoms with Crippen molar-refractivity contribution >= 4 is 26.7 Å². The number of H-pyrrole nitrogens is 1. The van der Waals surface area contributed by atoms with Gasteiger partial charge in [-0.2, -0.15) is 0 Å². The largest absolute Gasteiger partial charge is 0.497 e. The number of esters is 1. The summed E-state index contributed by atoms with van der Waals surface area (Å²) >= 11 is 0. The molecule has 1 aromatic heterocycles. The SMILES string of the molecule is COC(=O)c1ccc(S(=O)(=O)CCc2c(C)[nH]c3ccc(OC)cc23)cc1. The number of ether oxygens (including phenoxy) is 2. The van der Waals surface area contributed by atoms with Gasteiger partial charge >= 0.3 is 5.97 Å². The molecule has 0 aliphatic carbocycles. The second-order valence-electron chi connectivity index (χ2n) is 6.22. The lowest BCUT2D eigenvalue weighted by Crippen LogP contribution is -2.10. The number of benzene rings is 2. The Morgan fingerprint density at radius 3 is 2.41 bits per heavy atom. The average Bonchev–Trinajstić information content (AvgIpc) is 3.00. The van der Waals surface area contributed by atoms with E-state index in [1.54, 1.807) is 7.11 Å². The van der Waals surface area contributed by atoms with Crippen molar-refractivity contribution in [2.45, 2.75) is 18.2 Å². The van der Waals surface area contributed by atoms with E-state index in [0.717, 1.165) is 27.9 Å². The summed E-state index contributed by atoms with van der Waals surface area (Å²) in [6, 6.07) is 11.5. The number of hydrogen-bond donors (Lipinski definition) is 1. The molecule has 0 fully saturated rings. The summed E-state index contributed by atoms with van der Waals surface area (Å²) in [5.74, 6) is 0.196. The van der Waals surface area contributed by atoms with Crippen LogP contribution in [0, 0.1) is 6.92 Å². The van der Waals surface area contributed by atoms with Gasteiger partial charge < -0.3 is 14.5 Å². The number of nitrogens with one attached hydrogen (secondary N) is 1. The van der Waals surface area contributed by atoms with Crippen LogP contribution in [0.25, 0.3) is 10.9 Å². The predicted octanol–water partition coefficient (Wildman–Crippen LogP) is 3.29. The smallest absolute Gasteiger partial charge is 0.337 e. The number of sulfone groups is 1. The standard InChI is InChI=1S/C20H21NO5S/c1-13-17(18-12-15(25-2)6-9-19(18)21-13)10-11-27(23,24)16-7-4-14(5-8-16)20(22)26-3/h4-9,12,21H,10-11H2,1-3H3. The van der Waals surface area contributed by atoms with E-state index in [4.69, 9.17) is 4.74 Å². The molecule has 3 rings (SSSR count). The molecule has 0 atom stereocenters. The Morgan fingerprint density at radius 2 is 1.78 bits per heavy atom. The number of carbonyl (C=O) groups is 1. The van der Waals surface area contributed by atoms with Crippen molar-refractivity contribution < 1.29 is 22.7 Å². The van der Waals surface area contributed by atoms with Crippen LogP contribution in [0.5, 0.6) is 5.75 Å². The van der Waals surface area contributed by atoms with Crippen molar-refractivity contribution in [1.82, 2.24) is 4.98 Å². The van der Waals surface area contributed by atoms with Crippen LogP contribution in [0.15, 0.2) is 47.4 Å². The van der Waals surface area contributed by atoms with Crippen LogP contribution in [-0.2, 0) is 21.0 Å². The first kappa shape index (κ1) is 19.0. The van der Waals surface area contributed by atoms with Crippen LogP contribution in [0.2, 0.25) is 0 Å². The molecule has 0 aliphatic heterocycles. The van der Waals surface area contributed by atoms with Gasteiger partial charge in [0.25, 0.3) is 0 Å². The van der Waals surface area contributed by atoms with Gasteiger partial charge in [0.1, 0.15) is 5.75 Å². The molecule has 0 saturated heterocycles. The van der Waals surface area contributed by atoms with Crippen LogP contribution in [0.3, 0.4) is 0 Å². The van der Waals surface area contributed by atoms with Crippen LogP contribution < -0.4 is 4.74 Å². The normalized spacial score (nSPS) is 11.5. The Morgan fingerprint density at radius 1 is 1.07 bits per heavy atom. The average molecular weight is 387 g/mol. The Labute approximate surface area is 158 Å². The van der Waals surface area contributed by atoms with Gasteiger partial charge in [0.15, 0.2) is 9.84 Å². The molecule has 0 spiro atoms. The van der Waals surface area contributed by atoms with Crippen molar-refractivity contribution in [2.24, 2.45) is 0 Å². The van der Waals surface area contributed by atoms with E-state index in [9.17, 15) is 13.2 Å². The summed E-state index contributed by atoms with van der Waals surface area (Å²) < 4.78 is 35.3. The topological polar surface area (TPSA) is 85.5 Å². The molecule has 0 amide bonds. The lowest BCUT2D eigenvalue weighted by molar-refractivity contribution is 0.0600. The van der Waals surface area contributed by atoms with E-state index in [2.05, 4.69) is 9.72 Å². The molecule has 0 bridgehead atoms. The molecule has 2 aromatic carbocycles. The lowest BCUT2D eigenvalue weighted by atomic mass is 10.1. The first-order chi connectivity index (χ1) is 12.9. The van der Waals surface area contributed by atoms with Gasteiger partial charge in [-0.15, -0.1) is 0 Å². The van der Waals surface area contributed by atoms with E-state index in [-0.39, 0.29) is 10.6 Å². The Kier molecular flexibility index (Phi) is 5.23. The molecular weight excluding hydrogens is 366 g/mol. The molecule has 1 heterocycles. The number of carbonyl (C=O) groups excluding carboxylic acids is 1. The van der Waals surface area contributed by atoms with E-state index in [0.29, 0.717) is 12.0 Å². The summed E-state index contributed by atoms with van der Waals surface area (Å²) in [6.45, 7) is 1.93. The first-order valence-corrected chi connectivity index (χ1v) is 10.1. The zero-order valence-electron chi connectivity index (χ0n) is 15.4. The number of aryl methyl sites for hydroxylation is 2. The highest BCUT2D eigenvalue weighted by atomic mass is 32.2. The minimum Gasteiger partial charge on any atom is -0.497 e. The van der Waals surface area contributed by atoms with Gasteiger partial charge in [0.05, 0.1) is 30.4 Å². The summed E-state index contributed by atoms with van der Waals surface area (Å²) in [5.41, 5.74) is 3.16. The molecule has 1 N–H and O–H groups in total. The van der Waals surface area contributed by atoms with Gasteiger partial charge in [-0.25, -0.2) is 13.2 Å². The van der Waals surface area contributed by atoms with Crippen LogP contribution in [0.4, 0.5) is 0 Å². The zero-order valence-corrected chi connectivity index (χ0v) is 16.2. The maximum atomic E-state index is 12.7. The molecule has 0 radical (unpaired) electrons. The third-order valence-electron chi connectivity index (χ3n) is 4.58. The molecule has 142 valence electrons. The van der Waals surface area contributed by atoms with Gasteiger partial charge in [-0.05, 0) is 61.4 Å². The number of methoxy groups -OCH3 is 2. The van der Waals surface area contributed by atoms with Crippen LogP contribution >= 0.6 is 0 Å². The third-order valence-corrected chi connectivity index (χ3v) is 6.31. The van der Waals surface area contributed by atoms with E-state index in [1.807, 2.05) is 25.1 Å². The molecular formula is C20H21NO5S. The maximum Gasteiger partial charge on any atom is 0.337 e. The van der Waals surface area contributed by atoms with E-state index < -0.39 is 15.8 Å². The predicted molar refractivity (Wildman–Crippen MR) is 103 cm³/mol. The number of aromatic amines is 1. The minimum absolute atomic E-state index is 0.0322. The second-order valence-corrected chi connectivity index (χ2v) is 8.33. The number of hydrogen-bond acceptors (Lipinski definition) is 5. The second kappa shape index (κ2) is 7.44. The van der Waals surface area contributed by atoms with Gasteiger partial charge in [0, 0.05) is 16.6 Å². The summed E-state index contributed by atoms with van der Waals surface area (Å²) in [7, 11) is -0.601. The molecule has 6 nitrogen and oxygen atoms in total. The molecule has 7 heteroatoms. The van der Waals surface area contributed by atoms with Crippen LogP contribution in [0.1, 0.15) is 21.6 Å². The maximum absolute atomic E-state index is 12.7. The third kappa shape index (κ3) is 3.83. The lowest BCUT2D eigenvalue weighted by Gasteiger charge is -2.07. The molecule has 0 unspecified atom stereocenters. The first-order valence-electron chi connectivity index (χ1n) is 8.42. The van der Waals surface area contributed by atoms with Crippen molar-refractivity contribution in [3.8, 4) is 5.75 Å². The summed E-state index contributed by atoms with van der Waals surface area (Å²) in [6.07, 6.45) is 0.375. The molecule has 3 aromatic rings. The molecule has 0 aliphatic rings. The van der Waals surface area contributed by atoms with Crippen molar-refractivity contribution in [1.29, 1.82) is 0 Å². The quantitative estimate of drug-likeness (QED) is 0.656. The van der Waals surface area contributed by atoms with E-state index >= 15 is 0 Å². The summed E-state index contributed by atoms with van der Waals surface area (Å²) in [5, 5.41) is 0.961. The minimum atomic E-state index is -3.48. The fourth-order valence-corrected chi connectivity index (χ4v) is 4.34. The fraction of sp³-hybridized carbons (Fsp3) is 0.250. The molecule has 27 heavy (non-hydrogen) atoms. The highest BCUT2D eigenvalue weighted by molar-refractivity contribution is 7.91. The Bertz CT molecular complexity index is 1080. The Balaban J connectivity index is 1.84. The highest BCUT2D eigenvalue weighted by Gasteiger charge is 2.18. The van der Waals surface area contributed by atoms with Gasteiger partial charge in [-0.3, -0.25) is 0 Å². The molecule has 0 saturated carbocycles. The van der Waals surface area contributed by atoms with E-state index in [1.165, 1.54) is 31.4 Å². The summed E-state index contributed by atoms with van der Waals surface area (Å²) in [4.78, 5) is 14.9.